The van der Waals surface area contributed by atoms with E-state index in [4.69, 9.17) is 4.74 Å². The van der Waals surface area contributed by atoms with Crippen LogP contribution in [-0.2, 0) is 6.42 Å². The van der Waals surface area contributed by atoms with Gasteiger partial charge in [-0.25, -0.2) is 4.39 Å². The van der Waals surface area contributed by atoms with Gasteiger partial charge in [0.05, 0.1) is 7.11 Å². The van der Waals surface area contributed by atoms with Gasteiger partial charge in [0.2, 0.25) is 0 Å². The molecule has 0 fully saturated rings. The Labute approximate surface area is 132 Å². The Hall–Kier alpha value is -0.740. The fraction of sp³-hybridized carbons (Fsp3) is 0.647. The average molecular weight is 313 g/mol. The predicted molar refractivity (Wildman–Crippen MR) is 90.9 cm³/mol. The van der Waals surface area contributed by atoms with Crippen LogP contribution in [0.1, 0.15) is 39.2 Å². The molecule has 1 N–H and O–H groups in total. The van der Waals surface area contributed by atoms with Gasteiger partial charge in [0, 0.05) is 17.0 Å². The van der Waals surface area contributed by atoms with Crippen molar-refractivity contribution in [3.63, 3.8) is 0 Å². The van der Waals surface area contributed by atoms with Gasteiger partial charge in [-0.15, -0.1) is 0 Å². The predicted octanol–water partition coefficient (Wildman–Crippen LogP) is 4.28. The number of nitrogens with one attached hydrogen (secondary N) is 1. The van der Waals surface area contributed by atoms with Gasteiger partial charge in [0.15, 0.2) is 11.6 Å². The first-order valence-corrected chi connectivity index (χ1v) is 8.82. The Bertz CT molecular complexity index is 414. The molecular weight excluding hydrogens is 285 g/mol. The summed E-state index contributed by atoms with van der Waals surface area (Å²) in [6.45, 7) is 7.64. The fourth-order valence-corrected chi connectivity index (χ4v) is 3.09. The molecule has 2 atom stereocenters. The van der Waals surface area contributed by atoms with E-state index in [0.29, 0.717) is 17.0 Å². The van der Waals surface area contributed by atoms with Gasteiger partial charge in [-0.2, -0.15) is 11.8 Å². The van der Waals surface area contributed by atoms with Crippen LogP contribution in [0.15, 0.2) is 18.2 Å². The lowest BCUT2D eigenvalue weighted by Gasteiger charge is -2.20. The highest BCUT2D eigenvalue weighted by Gasteiger charge is 2.12. The minimum Gasteiger partial charge on any atom is -0.494 e. The lowest BCUT2D eigenvalue weighted by atomic mass is 10.1. The number of ether oxygens (including phenoxy) is 1. The molecule has 0 aliphatic rings. The summed E-state index contributed by atoms with van der Waals surface area (Å²) in [5.41, 5.74) is 1.02. The van der Waals surface area contributed by atoms with Gasteiger partial charge < -0.3 is 10.1 Å². The van der Waals surface area contributed by atoms with E-state index in [1.165, 1.54) is 13.5 Å². The van der Waals surface area contributed by atoms with Crippen molar-refractivity contribution in [2.24, 2.45) is 0 Å². The molecular formula is C17H28FNOS. The highest BCUT2D eigenvalue weighted by Crippen LogP contribution is 2.20. The fourth-order valence-electron chi connectivity index (χ4n) is 2.06. The zero-order valence-electron chi connectivity index (χ0n) is 13.6. The van der Waals surface area contributed by atoms with Crippen LogP contribution in [0.2, 0.25) is 0 Å². The molecule has 0 radical (unpaired) electrons. The van der Waals surface area contributed by atoms with E-state index in [-0.39, 0.29) is 5.82 Å². The molecule has 2 unspecified atom stereocenters. The third kappa shape index (κ3) is 6.70. The summed E-state index contributed by atoms with van der Waals surface area (Å²) in [6.07, 6.45) is 3.15. The molecule has 0 heterocycles. The van der Waals surface area contributed by atoms with Crippen molar-refractivity contribution < 1.29 is 9.13 Å². The maximum absolute atomic E-state index is 13.8. The van der Waals surface area contributed by atoms with E-state index in [0.717, 1.165) is 30.7 Å². The SMILES string of the molecule is CCCNC(CSC(C)CC)Cc1ccc(OC)c(F)c1. The van der Waals surface area contributed by atoms with Crippen molar-refractivity contribution in [3.8, 4) is 5.75 Å². The van der Waals surface area contributed by atoms with Crippen molar-refractivity contribution in [1.82, 2.24) is 5.32 Å². The minimum atomic E-state index is -0.279. The second-order valence-electron chi connectivity index (χ2n) is 5.38. The molecule has 21 heavy (non-hydrogen) atoms. The lowest BCUT2D eigenvalue weighted by molar-refractivity contribution is 0.386. The van der Waals surface area contributed by atoms with Gasteiger partial charge in [0.25, 0.3) is 0 Å². The third-order valence-corrected chi connectivity index (χ3v) is 5.04. The minimum absolute atomic E-state index is 0.279. The molecule has 1 rings (SSSR count). The topological polar surface area (TPSA) is 21.3 Å². The Balaban J connectivity index is 2.63. The summed E-state index contributed by atoms with van der Waals surface area (Å²) < 4.78 is 18.7. The Kier molecular flexibility index (Phi) is 8.77. The van der Waals surface area contributed by atoms with Crippen molar-refractivity contribution in [2.75, 3.05) is 19.4 Å². The quantitative estimate of drug-likeness (QED) is 0.697. The van der Waals surface area contributed by atoms with E-state index >= 15 is 0 Å². The maximum Gasteiger partial charge on any atom is 0.165 e. The highest BCUT2D eigenvalue weighted by atomic mass is 32.2. The van der Waals surface area contributed by atoms with Crippen LogP contribution >= 0.6 is 11.8 Å². The molecule has 4 heteroatoms. The summed E-state index contributed by atoms with van der Waals surface area (Å²) in [6, 6.07) is 5.64. The van der Waals surface area contributed by atoms with Crippen molar-refractivity contribution in [3.05, 3.63) is 29.6 Å². The summed E-state index contributed by atoms with van der Waals surface area (Å²) >= 11 is 1.99. The van der Waals surface area contributed by atoms with E-state index in [2.05, 4.69) is 26.1 Å². The number of methoxy groups -OCH3 is 1. The summed E-state index contributed by atoms with van der Waals surface area (Å²) in [7, 11) is 1.49. The largest absolute Gasteiger partial charge is 0.494 e. The number of thioether (sulfide) groups is 1. The second kappa shape index (κ2) is 10.1. The lowest BCUT2D eigenvalue weighted by Crippen LogP contribution is -2.34. The van der Waals surface area contributed by atoms with E-state index in [9.17, 15) is 4.39 Å². The molecule has 0 amide bonds. The molecule has 1 aromatic carbocycles. The van der Waals surface area contributed by atoms with E-state index in [1.54, 1.807) is 12.1 Å². The Morgan fingerprint density at radius 1 is 1.33 bits per heavy atom. The molecule has 1 aromatic rings. The number of rotatable bonds is 10. The van der Waals surface area contributed by atoms with Crippen LogP contribution in [0.4, 0.5) is 4.39 Å². The van der Waals surface area contributed by atoms with Crippen LogP contribution < -0.4 is 10.1 Å². The smallest absolute Gasteiger partial charge is 0.165 e. The normalized spacial score (nSPS) is 14.0. The first kappa shape index (κ1) is 18.3. The number of halogens is 1. The molecule has 0 aromatic heterocycles. The van der Waals surface area contributed by atoms with Gasteiger partial charge in [0.1, 0.15) is 0 Å². The van der Waals surface area contributed by atoms with Crippen molar-refractivity contribution in [2.45, 2.75) is 51.3 Å². The van der Waals surface area contributed by atoms with Crippen LogP contribution in [0.25, 0.3) is 0 Å². The first-order valence-electron chi connectivity index (χ1n) is 7.78. The van der Waals surface area contributed by atoms with Crippen molar-refractivity contribution >= 4 is 11.8 Å². The Morgan fingerprint density at radius 3 is 2.67 bits per heavy atom. The van der Waals surface area contributed by atoms with E-state index < -0.39 is 0 Å². The summed E-state index contributed by atoms with van der Waals surface area (Å²) in [4.78, 5) is 0. The van der Waals surface area contributed by atoms with Gasteiger partial charge in [-0.3, -0.25) is 0 Å². The van der Waals surface area contributed by atoms with Crippen LogP contribution in [0, 0.1) is 5.82 Å². The summed E-state index contributed by atoms with van der Waals surface area (Å²) in [5, 5.41) is 4.24. The number of benzene rings is 1. The molecule has 0 bridgehead atoms. The zero-order chi connectivity index (χ0) is 15.7. The Morgan fingerprint density at radius 2 is 2.10 bits per heavy atom. The van der Waals surface area contributed by atoms with Crippen molar-refractivity contribution in [1.29, 1.82) is 0 Å². The van der Waals surface area contributed by atoms with E-state index in [1.807, 2.05) is 17.8 Å². The number of hydrogen-bond donors (Lipinski definition) is 1. The second-order valence-corrected chi connectivity index (χ2v) is 6.85. The zero-order valence-corrected chi connectivity index (χ0v) is 14.4. The van der Waals surface area contributed by atoms with Gasteiger partial charge in [-0.05, 0) is 43.5 Å². The average Bonchev–Trinajstić information content (AvgIpc) is 2.49. The maximum atomic E-state index is 13.8. The van der Waals surface area contributed by atoms with Gasteiger partial charge >= 0.3 is 0 Å². The standard InChI is InChI=1S/C17H28FNOS/c1-5-9-19-15(12-21-13(3)6-2)10-14-7-8-17(20-4)16(18)11-14/h7-8,11,13,15,19H,5-6,9-10,12H2,1-4H3. The van der Waals surface area contributed by atoms with Crippen LogP contribution in [0.5, 0.6) is 5.75 Å². The molecule has 120 valence electrons. The molecule has 0 aliphatic carbocycles. The highest BCUT2D eigenvalue weighted by molar-refractivity contribution is 7.99. The van der Waals surface area contributed by atoms with Crippen LogP contribution in [-0.4, -0.2) is 30.7 Å². The molecule has 0 saturated carbocycles. The third-order valence-electron chi connectivity index (χ3n) is 3.54. The van der Waals surface area contributed by atoms with Crippen LogP contribution in [0.3, 0.4) is 0 Å². The number of hydrogen-bond acceptors (Lipinski definition) is 3. The van der Waals surface area contributed by atoms with Gasteiger partial charge in [-0.1, -0.05) is 26.8 Å². The monoisotopic (exact) mass is 313 g/mol. The summed E-state index contributed by atoms with van der Waals surface area (Å²) in [5.74, 6) is 1.09. The molecule has 0 saturated heterocycles. The molecule has 0 aliphatic heterocycles. The molecule has 2 nitrogen and oxygen atoms in total. The first-order chi connectivity index (χ1) is 10.1. The molecule has 0 spiro atoms.